The van der Waals surface area contributed by atoms with E-state index in [1.807, 2.05) is 6.92 Å². The van der Waals surface area contributed by atoms with E-state index in [1.165, 1.54) is 37.8 Å². The minimum absolute atomic E-state index is 0.141. The fraction of sp³-hybridized carbons (Fsp3) is 0.478. The van der Waals surface area contributed by atoms with Gasteiger partial charge in [-0.15, -0.1) is 0 Å². The number of halogens is 2. The van der Waals surface area contributed by atoms with Crippen LogP contribution in [-0.4, -0.2) is 13.7 Å². The molecule has 6 heteroatoms. The smallest absolute Gasteiger partial charge is 0.258 e. The molecule has 0 aromatic heterocycles. The van der Waals surface area contributed by atoms with E-state index in [0.717, 1.165) is 30.2 Å². The summed E-state index contributed by atoms with van der Waals surface area (Å²) < 4.78 is 44.4. The first-order valence-electron chi connectivity index (χ1n) is 10.2. The van der Waals surface area contributed by atoms with Crippen molar-refractivity contribution in [3.05, 3.63) is 65.5 Å². The Balaban J connectivity index is 1.98. The lowest BCUT2D eigenvalue weighted by Crippen LogP contribution is -2.13. The van der Waals surface area contributed by atoms with Crippen LogP contribution in [0.2, 0.25) is 0 Å². The van der Waals surface area contributed by atoms with Crippen LogP contribution in [0.15, 0.2) is 53.4 Å². The van der Waals surface area contributed by atoms with E-state index in [2.05, 4.69) is 15.9 Å². The molecule has 0 N–H and O–H groups in total. The summed E-state index contributed by atoms with van der Waals surface area (Å²) in [5.74, 6) is -0.350. The van der Waals surface area contributed by atoms with Gasteiger partial charge in [0.2, 0.25) is 0 Å². The van der Waals surface area contributed by atoms with Crippen molar-refractivity contribution in [1.29, 1.82) is 0 Å². The van der Waals surface area contributed by atoms with Crippen LogP contribution in [0.3, 0.4) is 0 Å². The van der Waals surface area contributed by atoms with Crippen molar-refractivity contribution in [3.8, 4) is 0 Å². The van der Waals surface area contributed by atoms with Gasteiger partial charge in [0, 0.05) is 5.33 Å². The van der Waals surface area contributed by atoms with Crippen LogP contribution in [0.4, 0.5) is 4.39 Å². The van der Waals surface area contributed by atoms with E-state index in [4.69, 9.17) is 4.18 Å². The number of rotatable bonds is 13. The van der Waals surface area contributed by atoms with Gasteiger partial charge in [-0.3, -0.25) is 4.18 Å². The number of hydrogen-bond donors (Lipinski definition) is 0. The highest BCUT2D eigenvalue weighted by atomic mass is 79.9. The van der Waals surface area contributed by atoms with Crippen LogP contribution < -0.4 is 0 Å². The molecule has 0 saturated carbocycles. The summed E-state index contributed by atoms with van der Waals surface area (Å²) >= 11 is 3.44. The Kier molecular flexibility index (Phi) is 10.3. The van der Waals surface area contributed by atoms with Gasteiger partial charge in [0.25, 0.3) is 10.1 Å². The zero-order chi connectivity index (χ0) is 21.1. The lowest BCUT2D eigenvalue weighted by atomic mass is 10.0. The highest BCUT2D eigenvalue weighted by Gasteiger charge is 2.23. The second-order valence-corrected chi connectivity index (χ2v) is 9.72. The van der Waals surface area contributed by atoms with Gasteiger partial charge in [-0.1, -0.05) is 84.3 Å². The van der Waals surface area contributed by atoms with E-state index >= 15 is 0 Å². The standard InChI is InChI=1S/C23H30BrFO3S/c1-19-10-16-22(17-11-19)29(26,27)28-23(20-12-14-21(25)15-13-20)9-7-5-3-2-4-6-8-18-24/h10-17,23H,2-9,18H2,1H3. The third-order valence-electron chi connectivity index (χ3n) is 4.89. The summed E-state index contributed by atoms with van der Waals surface area (Å²) in [4.78, 5) is 0.141. The monoisotopic (exact) mass is 484 g/mol. The summed E-state index contributed by atoms with van der Waals surface area (Å²) in [7, 11) is -3.89. The molecule has 2 aromatic rings. The largest absolute Gasteiger partial charge is 0.297 e. The van der Waals surface area contributed by atoms with Crippen LogP contribution in [0.5, 0.6) is 0 Å². The van der Waals surface area contributed by atoms with Gasteiger partial charge in [0.1, 0.15) is 11.9 Å². The number of aryl methyl sites for hydroxylation is 1. The van der Waals surface area contributed by atoms with Crippen molar-refractivity contribution in [2.45, 2.75) is 69.3 Å². The maximum absolute atomic E-state index is 13.3. The molecular weight excluding hydrogens is 455 g/mol. The second-order valence-electron chi connectivity index (χ2n) is 7.36. The summed E-state index contributed by atoms with van der Waals surface area (Å²) in [5.41, 5.74) is 1.66. The number of benzene rings is 2. The molecule has 0 aliphatic heterocycles. The van der Waals surface area contributed by atoms with Crippen molar-refractivity contribution < 1.29 is 17.0 Å². The Hall–Kier alpha value is -1.24. The van der Waals surface area contributed by atoms with Gasteiger partial charge < -0.3 is 0 Å². The zero-order valence-electron chi connectivity index (χ0n) is 16.9. The Labute approximate surface area is 182 Å². The third kappa shape index (κ3) is 8.57. The summed E-state index contributed by atoms with van der Waals surface area (Å²) in [6.07, 6.45) is 7.85. The van der Waals surface area contributed by atoms with Crippen molar-refractivity contribution in [3.63, 3.8) is 0 Å². The fourth-order valence-electron chi connectivity index (χ4n) is 3.17. The van der Waals surface area contributed by atoms with Crippen LogP contribution in [-0.2, 0) is 14.3 Å². The van der Waals surface area contributed by atoms with E-state index in [0.29, 0.717) is 12.0 Å². The molecule has 0 heterocycles. The number of alkyl halides is 1. The average Bonchev–Trinajstić information content (AvgIpc) is 2.70. The van der Waals surface area contributed by atoms with Crippen molar-refractivity contribution in [2.24, 2.45) is 0 Å². The van der Waals surface area contributed by atoms with Gasteiger partial charge in [0.05, 0.1) is 4.90 Å². The van der Waals surface area contributed by atoms with Gasteiger partial charge in [-0.05, 0) is 49.6 Å². The SMILES string of the molecule is Cc1ccc(S(=O)(=O)OC(CCCCCCCCCBr)c2ccc(F)cc2)cc1. The van der Waals surface area contributed by atoms with E-state index in [9.17, 15) is 12.8 Å². The molecule has 1 atom stereocenters. The number of unbranched alkanes of at least 4 members (excludes halogenated alkanes) is 6. The molecule has 0 aliphatic carbocycles. The molecule has 0 radical (unpaired) electrons. The summed E-state index contributed by atoms with van der Waals surface area (Å²) in [6.45, 7) is 1.90. The van der Waals surface area contributed by atoms with Crippen molar-refractivity contribution >= 4 is 26.0 Å². The zero-order valence-corrected chi connectivity index (χ0v) is 19.4. The van der Waals surface area contributed by atoms with Crippen LogP contribution in [0, 0.1) is 12.7 Å². The van der Waals surface area contributed by atoms with Gasteiger partial charge in [-0.25, -0.2) is 4.39 Å². The molecule has 0 fully saturated rings. The first-order valence-corrected chi connectivity index (χ1v) is 12.8. The lowest BCUT2D eigenvalue weighted by molar-refractivity contribution is 0.198. The molecule has 2 aromatic carbocycles. The van der Waals surface area contributed by atoms with Gasteiger partial charge >= 0.3 is 0 Å². The lowest BCUT2D eigenvalue weighted by Gasteiger charge is -2.18. The molecule has 160 valence electrons. The molecular formula is C23H30BrFO3S. The van der Waals surface area contributed by atoms with E-state index < -0.39 is 16.2 Å². The minimum atomic E-state index is -3.89. The van der Waals surface area contributed by atoms with Crippen molar-refractivity contribution in [2.75, 3.05) is 5.33 Å². The van der Waals surface area contributed by atoms with Gasteiger partial charge in [0.15, 0.2) is 0 Å². The summed E-state index contributed by atoms with van der Waals surface area (Å²) in [5, 5.41) is 1.05. The number of hydrogen-bond acceptors (Lipinski definition) is 3. The molecule has 3 nitrogen and oxygen atoms in total. The Morgan fingerprint density at radius 1 is 0.862 bits per heavy atom. The highest BCUT2D eigenvalue weighted by Crippen LogP contribution is 2.29. The molecule has 0 amide bonds. The van der Waals surface area contributed by atoms with Crippen LogP contribution in [0.25, 0.3) is 0 Å². The average molecular weight is 485 g/mol. The predicted octanol–water partition coefficient (Wildman–Crippen LogP) is 7.10. The third-order valence-corrected chi connectivity index (χ3v) is 6.79. The Bertz CT molecular complexity index is 820. The molecule has 0 bridgehead atoms. The fourth-order valence-corrected chi connectivity index (χ4v) is 4.66. The van der Waals surface area contributed by atoms with E-state index in [1.54, 1.807) is 36.4 Å². The van der Waals surface area contributed by atoms with Crippen LogP contribution in [0.1, 0.15) is 68.6 Å². The second kappa shape index (κ2) is 12.5. The molecule has 0 aliphatic rings. The Morgan fingerprint density at radius 2 is 1.41 bits per heavy atom. The first-order chi connectivity index (χ1) is 13.9. The molecule has 0 spiro atoms. The maximum Gasteiger partial charge on any atom is 0.297 e. The molecule has 29 heavy (non-hydrogen) atoms. The predicted molar refractivity (Wildman–Crippen MR) is 119 cm³/mol. The highest BCUT2D eigenvalue weighted by molar-refractivity contribution is 9.09. The molecule has 1 unspecified atom stereocenters. The molecule has 0 saturated heterocycles. The van der Waals surface area contributed by atoms with Crippen molar-refractivity contribution in [1.82, 2.24) is 0 Å². The molecule has 2 rings (SSSR count). The normalized spacial score (nSPS) is 12.8. The topological polar surface area (TPSA) is 43.4 Å². The maximum atomic E-state index is 13.3. The minimum Gasteiger partial charge on any atom is -0.258 e. The first kappa shape index (κ1) is 24.0. The van der Waals surface area contributed by atoms with Crippen LogP contribution >= 0.6 is 15.9 Å². The Morgan fingerprint density at radius 3 is 2.00 bits per heavy atom. The quantitative estimate of drug-likeness (QED) is 0.173. The van der Waals surface area contributed by atoms with E-state index in [-0.39, 0.29) is 10.7 Å². The summed E-state index contributed by atoms with van der Waals surface area (Å²) in [6, 6.07) is 12.5. The van der Waals surface area contributed by atoms with Gasteiger partial charge in [-0.2, -0.15) is 8.42 Å².